The number of carbonyl (C=O) groups excluding carboxylic acids is 1. The molecule has 2 atom stereocenters. The van der Waals surface area contributed by atoms with Gasteiger partial charge in [0, 0.05) is 0 Å². The zero-order valence-corrected chi connectivity index (χ0v) is 8.31. The number of hydrogen-bond donors (Lipinski definition) is 1. The standard InChI is InChI=1S/C10H16O4/c1-4-7-14-9(8(11)5-2)10(12)13-6-3/h4-5,8-9,11H,1-2,6-7H2,3H3/t8-,9-/m1/s1. The minimum atomic E-state index is -1.06. The van der Waals surface area contributed by atoms with E-state index < -0.39 is 18.2 Å². The first-order valence-electron chi connectivity index (χ1n) is 4.37. The molecule has 1 N–H and O–H groups in total. The highest BCUT2D eigenvalue weighted by Gasteiger charge is 2.26. The fraction of sp³-hybridized carbons (Fsp3) is 0.500. The molecule has 0 rings (SSSR count). The number of esters is 1. The molecular formula is C10H16O4. The molecule has 0 saturated carbocycles. The Balaban J connectivity index is 4.28. The molecule has 0 aliphatic carbocycles. The van der Waals surface area contributed by atoms with E-state index in [0.29, 0.717) is 0 Å². The van der Waals surface area contributed by atoms with E-state index >= 15 is 0 Å². The first-order valence-corrected chi connectivity index (χ1v) is 4.37. The lowest BCUT2D eigenvalue weighted by molar-refractivity contribution is -0.161. The van der Waals surface area contributed by atoms with Crippen molar-refractivity contribution in [3.8, 4) is 0 Å². The van der Waals surface area contributed by atoms with Crippen LogP contribution in [0.3, 0.4) is 0 Å². The van der Waals surface area contributed by atoms with Crippen LogP contribution in [0.15, 0.2) is 25.3 Å². The highest BCUT2D eigenvalue weighted by Crippen LogP contribution is 2.04. The minimum Gasteiger partial charge on any atom is -0.464 e. The van der Waals surface area contributed by atoms with Crippen LogP contribution in [0.5, 0.6) is 0 Å². The van der Waals surface area contributed by atoms with Crippen LogP contribution in [0.4, 0.5) is 0 Å². The summed E-state index contributed by atoms with van der Waals surface area (Å²) in [6.45, 7) is 8.91. The summed E-state index contributed by atoms with van der Waals surface area (Å²) in [7, 11) is 0. The molecule has 0 spiro atoms. The smallest absolute Gasteiger partial charge is 0.338 e. The molecular weight excluding hydrogens is 184 g/mol. The Morgan fingerprint density at radius 1 is 1.57 bits per heavy atom. The fourth-order valence-corrected chi connectivity index (χ4v) is 0.826. The van der Waals surface area contributed by atoms with Crippen LogP contribution in [0, 0.1) is 0 Å². The lowest BCUT2D eigenvalue weighted by Gasteiger charge is -2.18. The average Bonchev–Trinajstić information content (AvgIpc) is 2.18. The summed E-state index contributed by atoms with van der Waals surface area (Å²) in [6.07, 6.45) is 0.631. The molecule has 0 unspecified atom stereocenters. The van der Waals surface area contributed by atoms with Crippen molar-refractivity contribution >= 4 is 5.97 Å². The number of ether oxygens (including phenoxy) is 2. The van der Waals surface area contributed by atoms with Gasteiger partial charge in [-0.1, -0.05) is 12.2 Å². The third kappa shape index (κ3) is 4.20. The van der Waals surface area contributed by atoms with Crippen molar-refractivity contribution in [2.75, 3.05) is 13.2 Å². The van der Waals surface area contributed by atoms with Gasteiger partial charge < -0.3 is 14.6 Å². The van der Waals surface area contributed by atoms with Gasteiger partial charge >= 0.3 is 5.97 Å². The second-order valence-corrected chi connectivity index (χ2v) is 2.52. The van der Waals surface area contributed by atoms with Gasteiger partial charge in [-0.2, -0.15) is 0 Å². The summed E-state index contributed by atoms with van der Waals surface area (Å²) >= 11 is 0. The van der Waals surface area contributed by atoms with Gasteiger partial charge in [0.05, 0.1) is 13.2 Å². The van der Waals surface area contributed by atoms with E-state index in [1.807, 2.05) is 0 Å². The quantitative estimate of drug-likeness (QED) is 0.484. The molecule has 0 aromatic rings. The van der Waals surface area contributed by atoms with Crippen LogP contribution in [-0.2, 0) is 14.3 Å². The molecule has 4 heteroatoms. The molecule has 0 aromatic heterocycles. The van der Waals surface area contributed by atoms with Gasteiger partial charge in [-0.3, -0.25) is 0 Å². The Morgan fingerprint density at radius 2 is 2.21 bits per heavy atom. The van der Waals surface area contributed by atoms with Crippen molar-refractivity contribution in [1.82, 2.24) is 0 Å². The zero-order chi connectivity index (χ0) is 11.0. The highest BCUT2D eigenvalue weighted by molar-refractivity contribution is 5.75. The van der Waals surface area contributed by atoms with Gasteiger partial charge in [0.2, 0.25) is 0 Å². The van der Waals surface area contributed by atoms with E-state index in [2.05, 4.69) is 13.2 Å². The number of hydrogen-bond acceptors (Lipinski definition) is 4. The largest absolute Gasteiger partial charge is 0.464 e. The molecule has 4 nitrogen and oxygen atoms in total. The normalized spacial score (nSPS) is 14.1. The van der Waals surface area contributed by atoms with Crippen LogP contribution in [0.1, 0.15) is 6.92 Å². The van der Waals surface area contributed by atoms with Crippen LogP contribution in [0.25, 0.3) is 0 Å². The highest BCUT2D eigenvalue weighted by atomic mass is 16.6. The Hall–Kier alpha value is -1.13. The van der Waals surface area contributed by atoms with Crippen molar-refractivity contribution in [3.05, 3.63) is 25.3 Å². The molecule has 0 heterocycles. The van der Waals surface area contributed by atoms with E-state index in [1.54, 1.807) is 6.92 Å². The minimum absolute atomic E-state index is 0.175. The summed E-state index contributed by atoms with van der Waals surface area (Å²) in [6, 6.07) is 0. The molecule has 0 saturated heterocycles. The maximum Gasteiger partial charge on any atom is 0.338 e. The Kier molecular flexibility index (Phi) is 6.70. The molecule has 0 fully saturated rings. The topological polar surface area (TPSA) is 55.8 Å². The molecule has 0 aliphatic rings. The monoisotopic (exact) mass is 200 g/mol. The summed E-state index contributed by atoms with van der Waals surface area (Å²) in [5.74, 6) is -0.596. The van der Waals surface area contributed by atoms with Gasteiger partial charge in [-0.15, -0.1) is 13.2 Å². The van der Waals surface area contributed by atoms with Gasteiger partial charge in [-0.05, 0) is 6.92 Å². The molecule has 0 amide bonds. The van der Waals surface area contributed by atoms with Gasteiger partial charge in [0.15, 0.2) is 6.10 Å². The number of aliphatic hydroxyl groups excluding tert-OH is 1. The van der Waals surface area contributed by atoms with Gasteiger partial charge in [-0.25, -0.2) is 4.79 Å². The van der Waals surface area contributed by atoms with E-state index in [-0.39, 0.29) is 13.2 Å². The summed E-state index contributed by atoms with van der Waals surface area (Å²) in [4.78, 5) is 11.3. The Bertz CT molecular complexity index is 200. The lowest BCUT2D eigenvalue weighted by atomic mass is 10.2. The van der Waals surface area contributed by atoms with E-state index in [1.165, 1.54) is 12.2 Å². The van der Waals surface area contributed by atoms with Crippen molar-refractivity contribution in [2.24, 2.45) is 0 Å². The van der Waals surface area contributed by atoms with Crippen LogP contribution in [-0.4, -0.2) is 36.5 Å². The van der Waals surface area contributed by atoms with E-state index in [0.717, 1.165) is 0 Å². The van der Waals surface area contributed by atoms with E-state index in [4.69, 9.17) is 9.47 Å². The molecule has 0 bridgehead atoms. The van der Waals surface area contributed by atoms with Crippen molar-refractivity contribution in [1.29, 1.82) is 0 Å². The van der Waals surface area contributed by atoms with Gasteiger partial charge in [0.1, 0.15) is 6.10 Å². The maximum absolute atomic E-state index is 11.3. The lowest BCUT2D eigenvalue weighted by Crippen LogP contribution is -2.36. The summed E-state index contributed by atoms with van der Waals surface area (Å²) in [5, 5.41) is 9.36. The predicted molar refractivity (Wildman–Crippen MR) is 52.8 cm³/mol. The fourth-order valence-electron chi connectivity index (χ4n) is 0.826. The molecule has 14 heavy (non-hydrogen) atoms. The number of aliphatic hydroxyl groups is 1. The Labute approximate surface area is 83.8 Å². The molecule has 0 aromatic carbocycles. The predicted octanol–water partition coefficient (Wildman–Crippen LogP) is 0.668. The maximum atomic E-state index is 11.3. The third-order valence-corrected chi connectivity index (χ3v) is 1.46. The summed E-state index contributed by atoms with van der Waals surface area (Å²) in [5.41, 5.74) is 0. The van der Waals surface area contributed by atoms with Crippen LogP contribution in [0.2, 0.25) is 0 Å². The van der Waals surface area contributed by atoms with E-state index in [9.17, 15) is 9.90 Å². The number of carbonyl (C=O) groups is 1. The third-order valence-electron chi connectivity index (χ3n) is 1.46. The SMILES string of the molecule is C=CCO[C@@H](C(=O)OCC)[C@H](O)C=C. The van der Waals surface area contributed by atoms with Crippen LogP contribution >= 0.6 is 0 Å². The van der Waals surface area contributed by atoms with Crippen molar-refractivity contribution in [2.45, 2.75) is 19.1 Å². The second kappa shape index (κ2) is 7.29. The first-order chi connectivity index (χ1) is 6.67. The Morgan fingerprint density at radius 3 is 2.64 bits per heavy atom. The molecule has 0 radical (unpaired) electrons. The zero-order valence-electron chi connectivity index (χ0n) is 8.31. The molecule has 0 aliphatic heterocycles. The first kappa shape index (κ1) is 12.9. The van der Waals surface area contributed by atoms with Gasteiger partial charge in [0.25, 0.3) is 0 Å². The summed E-state index contributed by atoms with van der Waals surface area (Å²) < 4.78 is 9.76. The number of rotatable bonds is 7. The van der Waals surface area contributed by atoms with Crippen molar-refractivity contribution < 1.29 is 19.4 Å². The second-order valence-electron chi connectivity index (χ2n) is 2.52. The molecule has 80 valence electrons. The average molecular weight is 200 g/mol. The van der Waals surface area contributed by atoms with Crippen molar-refractivity contribution in [3.63, 3.8) is 0 Å². The van der Waals surface area contributed by atoms with Crippen LogP contribution < -0.4 is 0 Å².